The number of ether oxygens (including phenoxy) is 3. The molecule has 4 aromatic rings. The van der Waals surface area contributed by atoms with Crippen LogP contribution in [-0.4, -0.2) is 103 Å². The lowest BCUT2D eigenvalue weighted by Gasteiger charge is -2.42. The van der Waals surface area contributed by atoms with Crippen LogP contribution in [0.3, 0.4) is 0 Å². The van der Waals surface area contributed by atoms with Crippen molar-refractivity contribution in [1.82, 2.24) is 19.8 Å². The lowest BCUT2D eigenvalue weighted by Crippen LogP contribution is -2.57. The summed E-state index contributed by atoms with van der Waals surface area (Å²) in [6.45, 7) is 16.0. The first kappa shape index (κ1) is 48.0. The SMILES string of the molecule is CC(C)[Si](C#Cc1c(F)ccc2cc(OC(F)F)cc(-c3c(F)c(Cl)c4c(N5CC6CCC(C5)N6C(=O)OC(C)(C)C)nc(OC[C@@]56CCCN5C[C@H](F)C6)nc4c3F)c12)(C(C)C)C(C)C. The molecule has 4 saturated heterocycles. The second-order valence-electron chi connectivity index (χ2n) is 20.4. The first-order valence-electron chi connectivity index (χ1n) is 23.0. The van der Waals surface area contributed by atoms with Gasteiger partial charge in [-0.25, -0.2) is 22.4 Å². The molecule has 0 aliphatic carbocycles. The van der Waals surface area contributed by atoms with Crippen LogP contribution >= 0.6 is 11.6 Å². The zero-order chi connectivity index (χ0) is 47.8. The van der Waals surface area contributed by atoms with Gasteiger partial charge in [-0.1, -0.05) is 65.1 Å². The molecule has 2 bridgehead atoms. The van der Waals surface area contributed by atoms with Gasteiger partial charge < -0.3 is 19.1 Å². The highest BCUT2D eigenvalue weighted by Gasteiger charge is 2.50. The van der Waals surface area contributed by atoms with Crippen molar-refractivity contribution < 1.29 is 45.3 Å². The van der Waals surface area contributed by atoms with Gasteiger partial charge in [-0.2, -0.15) is 18.7 Å². The molecule has 3 aromatic carbocycles. The van der Waals surface area contributed by atoms with E-state index in [4.69, 9.17) is 30.8 Å². The van der Waals surface area contributed by atoms with Crippen molar-refractivity contribution in [3.8, 4) is 34.4 Å². The van der Waals surface area contributed by atoms with E-state index in [2.05, 4.69) is 58.0 Å². The number of aromatic nitrogens is 2. The molecule has 0 saturated carbocycles. The van der Waals surface area contributed by atoms with E-state index >= 15 is 13.2 Å². The number of rotatable bonds is 10. The van der Waals surface area contributed by atoms with Gasteiger partial charge in [0.15, 0.2) is 11.6 Å². The quantitative estimate of drug-likeness (QED) is 0.0673. The van der Waals surface area contributed by atoms with Gasteiger partial charge in [-0.15, -0.1) is 5.54 Å². The molecule has 0 spiro atoms. The summed E-state index contributed by atoms with van der Waals surface area (Å²) in [5, 5.41) is -0.650. The number of carbonyl (C=O) groups excluding carboxylic acids is 1. The molecule has 1 amide bonds. The topological polar surface area (TPSA) is 80.3 Å². The highest BCUT2D eigenvalue weighted by atomic mass is 35.5. The molecule has 4 atom stereocenters. The van der Waals surface area contributed by atoms with Crippen LogP contribution in [0.4, 0.5) is 37.0 Å². The number of hydrogen-bond donors (Lipinski definition) is 0. The Hall–Kier alpha value is -4.46. The largest absolute Gasteiger partial charge is 0.461 e. The number of hydrogen-bond acceptors (Lipinski definition) is 8. The normalized spacial score (nSPS) is 22.3. The Labute approximate surface area is 388 Å². The maximum Gasteiger partial charge on any atom is 0.410 e. The summed E-state index contributed by atoms with van der Waals surface area (Å²) in [4.78, 5) is 28.3. The summed E-state index contributed by atoms with van der Waals surface area (Å²) >= 11 is 7.04. The predicted octanol–water partition coefficient (Wildman–Crippen LogP) is 12.2. The van der Waals surface area contributed by atoms with Gasteiger partial charge in [-0.3, -0.25) is 9.80 Å². The molecular formula is C49H58ClF6N5O4Si. The summed E-state index contributed by atoms with van der Waals surface area (Å²) in [6, 6.07) is 3.80. The van der Waals surface area contributed by atoms with Gasteiger partial charge in [0.1, 0.15) is 49.4 Å². The van der Waals surface area contributed by atoms with E-state index in [-0.39, 0.29) is 100 Å². The molecule has 8 rings (SSSR count). The fourth-order valence-corrected chi connectivity index (χ4v) is 17.1. The van der Waals surface area contributed by atoms with Gasteiger partial charge in [0.25, 0.3) is 0 Å². The molecule has 5 heterocycles. The average Bonchev–Trinajstić information content (AvgIpc) is 3.85. The van der Waals surface area contributed by atoms with Crippen LogP contribution in [0.5, 0.6) is 11.8 Å². The third kappa shape index (κ3) is 8.54. The molecule has 4 fully saturated rings. The fourth-order valence-electron chi connectivity index (χ4n) is 11.6. The van der Waals surface area contributed by atoms with Crippen LogP contribution in [-0.2, 0) is 4.74 Å². The number of amides is 1. The van der Waals surface area contributed by atoms with E-state index in [9.17, 15) is 18.0 Å². The number of nitrogens with zero attached hydrogens (tertiary/aromatic N) is 5. The van der Waals surface area contributed by atoms with Crippen molar-refractivity contribution in [1.29, 1.82) is 0 Å². The van der Waals surface area contributed by atoms with Crippen LogP contribution in [0, 0.1) is 28.9 Å². The van der Waals surface area contributed by atoms with Gasteiger partial charge in [0, 0.05) is 37.0 Å². The Morgan fingerprint density at radius 2 is 1.62 bits per heavy atom. The second kappa shape index (κ2) is 17.9. The van der Waals surface area contributed by atoms with E-state index in [1.807, 2.05) is 9.80 Å². The van der Waals surface area contributed by atoms with Crippen LogP contribution in [0.25, 0.3) is 32.8 Å². The minimum absolute atomic E-state index is 0.00761. The predicted molar refractivity (Wildman–Crippen MR) is 248 cm³/mol. The van der Waals surface area contributed by atoms with Crippen LogP contribution in [0.15, 0.2) is 24.3 Å². The Bertz CT molecular complexity index is 2580. The number of carbonyl (C=O) groups is 1. The average molecular weight is 959 g/mol. The second-order valence-corrected chi connectivity index (χ2v) is 26.4. The molecule has 356 valence electrons. The first-order chi connectivity index (χ1) is 31.0. The van der Waals surface area contributed by atoms with E-state index in [0.29, 0.717) is 25.8 Å². The highest BCUT2D eigenvalue weighted by molar-refractivity contribution is 6.90. The summed E-state index contributed by atoms with van der Waals surface area (Å²) < 4.78 is 111. The van der Waals surface area contributed by atoms with Crippen LogP contribution in [0.1, 0.15) is 100.0 Å². The van der Waals surface area contributed by atoms with Crippen LogP contribution < -0.4 is 14.4 Å². The number of fused-ring (bicyclic) bond motifs is 5. The summed E-state index contributed by atoms with van der Waals surface area (Å²) in [5.74, 6) is -0.550. The van der Waals surface area contributed by atoms with Crippen molar-refractivity contribution in [2.24, 2.45) is 0 Å². The Morgan fingerprint density at radius 1 is 0.955 bits per heavy atom. The zero-order valence-corrected chi connectivity index (χ0v) is 40.7. The number of halogens is 7. The number of anilines is 1. The van der Waals surface area contributed by atoms with E-state index in [1.165, 1.54) is 12.1 Å². The molecule has 0 radical (unpaired) electrons. The Balaban J connectivity index is 1.34. The zero-order valence-electron chi connectivity index (χ0n) is 38.9. The maximum atomic E-state index is 18.0. The Morgan fingerprint density at radius 3 is 2.24 bits per heavy atom. The monoisotopic (exact) mass is 957 g/mol. The van der Waals surface area contributed by atoms with E-state index in [0.717, 1.165) is 18.6 Å². The number of piperazine rings is 1. The van der Waals surface area contributed by atoms with Crippen molar-refractivity contribution in [2.75, 3.05) is 37.7 Å². The van der Waals surface area contributed by atoms with Gasteiger partial charge >= 0.3 is 18.7 Å². The van der Waals surface area contributed by atoms with Crippen LogP contribution in [0.2, 0.25) is 21.6 Å². The van der Waals surface area contributed by atoms with E-state index in [1.54, 1.807) is 25.7 Å². The minimum Gasteiger partial charge on any atom is -0.461 e. The van der Waals surface area contributed by atoms with Gasteiger partial charge in [0.2, 0.25) is 0 Å². The molecule has 1 aromatic heterocycles. The molecule has 17 heteroatoms. The molecule has 66 heavy (non-hydrogen) atoms. The summed E-state index contributed by atoms with van der Waals surface area (Å²) in [5.41, 5.74) is 0.899. The van der Waals surface area contributed by atoms with Gasteiger partial charge in [-0.05, 0) is 93.2 Å². The number of alkyl halides is 3. The standard InChI is InChI=1S/C49H58ClF6N5O4Si/c1-26(2)66(27(3)4,28(5)6)18-15-34-36(52)14-11-29-19-33(64-45(55)56)20-35(37(29)34)38-41(53)40(50)39-43(42(38)54)57-46(63-25-49-16-10-17-60(49)22-30(51)21-49)58-44(39)59-23-31-12-13-32(24-59)61(31)47(62)65-48(7,8)9/h11,14,19-20,26-28,30-32,45H,10,12-13,16-17,21-25H2,1-9H3/t30-,31?,32?,49+/m1/s1. The molecule has 2 unspecified atom stereocenters. The fraction of sp³-hybridized carbons (Fsp3) is 0.571. The van der Waals surface area contributed by atoms with E-state index < -0.39 is 77.4 Å². The third-order valence-corrected chi connectivity index (χ3v) is 21.0. The Kier molecular flexibility index (Phi) is 13.0. The molecule has 0 N–H and O–H groups in total. The van der Waals surface area contributed by atoms with Gasteiger partial charge in [0.05, 0.1) is 39.2 Å². The number of benzene rings is 3. The summed E-state index contributed by atoms with van der Waals surface area (Å²) in [7, 11) is -2.51. The summed E-state index contributed by atoms with van der Waals surface area (Å²) in [6.07, 6.45) is 1.49. The lowest BCUT2D eigenvalue weighted by molar-refractivity contribution is -0.0497. The molecular weight excluding hydrogens is 900 g/mol. The van der Waals surface area contributed by atoms with Crippen molar-refractivity contribution in [3.63, 3.8) is 0 Å². The molecule has 4 aliphatic rings. The third-order valence-electron chi connectivity index (χ3n) is 14.4. The highest BCUT2D eigenvalue weighted by Crippen LogP contribution is 2.48. The molecule has 9 nitrogen and oxygen atoms in total. The van der Waals surface area contributed by atoms with Crippen molar-refractivity contribution in [3.05, 3.63) is 52.3 Å². The minimum atomic E-state index is -3.30. The van der Waals surface area contributed by atoms with Crippen molar-refractivity contribution >= 4 is 53.3 Å². The smallest absolute Gasteiger partial charge is 0.410 e. The first-order valence-corrected chi connectivity index (χ1v) is 25.6. The molecule has 4 aliphatic heterocycles. The maximum absolute atomic E-state index is 18.0. The lowest BCUT2D eigenvalue weighted by atomic mass is 9.92. The van der Waals surface area contributed by atoms with Crippen molar-refractivity contribution in [2.45, 2.75) is 147 Å².